The smallest absolute Gasteiger partial charge is 0.309 e. The zero-order valence-electron chi connectivity index (χ0n) is 12.6. The molecule has 1 aromatic carbocycles. The third-order valence-electron chi connectivity index (χ3n) is 3.98. The summed E-state index contributed by atoms with van der Waals surface area (Å²) in [4.78, 5) is 23.6. The van der Waals surface area contributed by atoms with Crippen molar-refractivity contribution < 1.29 is 9.59 Å². The van der Waals surface area contributed by atoms with Crippen molar-refractivity contribution in [2.75, 3.05) is 0 Å². The average molecular weight is 288 g/mol. The summed E-state index contributed by atoms with van der Waals surface area (Å²) in [7, 11) is 0. The Kier molecular flexibility index (Phi) is 5.78. The molecule has 1 atom stereocenters. The first kappa shape index (κ1) is 15.5. The van der Waals surface area contributed by atoms with Crippen LogP contribution < -0.4 is 10.6 Å². The summed E-state index contributed by atoms with van der Waals surface area (Å²) in [5, 5.41) is 5.58. The Morgan fingerprint density at radius 2 is 1.81 bits per heavy atom. The Balaban J connectivity index is 1.69. The van der Waals surface area contributed by atoms with Gasteiger partial charge in [-0.2, -0.15) is 0 Å². The molecular formula is C17H24N2O2. The molecule has 2 amide bonds. The molecule has 0 aliphatic heterocycles. The van der Waals surface area contributed by atoms with E-state index in [0.717, 1.165) is 38.5 Å². The van der Waals surface area contributed by atoms with E-state index in [1.165, 1.54) is 5.56 Å². The van der Waals surface area contributed by atoms with E-state index in [2.05, 4.69) is 22.8 Å². The van der Waals surface area contributed by atoms with Gasteiger partial charge in [0.05, 0.1) is 0 Å². The zero-order valence-corrected chi connectivity index (χ0v) is 12.6. The minimum Gasteiger partial charge on any atom is -0.345 e. The number of hydrogen-bond acceptors (Lipinski definition) is 2. The molecule has 2 N–H and O–H groups in total. The summed E-state index contributed by atoms with van der Waals surface area (Å²) in [6.45, 7) is 1.93. The summed E-state index contributed by atoms with van der Waals surface area (Å²) in [6, 6.07) is 10.3. The Labute approximate surface area is 126 Å². The lowest BCUT2D eigenvalue weighted by Gasteiger charge is -2.15. The van der Waals surface area contributed by atoms with Crippen molar-refractivity contribution in [2.45, 2.75) is 57.5 Å². The second kappa shape index (κ2) is 7.81. The van der Waals surface area contributed by atoms with Gasteiger partial charge in [-0.25, -0.2) is 0 Å². The van der Waals surface area contributed by atoms with E-state index in [1.54, 1.807) is 0 Å². The lowest BCUT2D eigenvalue weighted by atomic mass is 10.1. The van der Waals surface area contributed by atoms with Crippen molar-refractivity contribution >= 4 is 11.8 Å². The first-order chi connectivity index (χ1) is 10.1. The van der Waals surface area contributed by atoms with E-state index in [4.69, 9.17) is 0 Å². The quantitative estimate of drug-likeness (QED) is 0.816. The van der Waals surface area contributed by atoms with Crippen LogP contribution in [0.3, 0.4) is 0 Å². The summed E-state index contributed by atoms with van der Waals surface area (Å²) < 4.78 is 0. The zero-order chi connectivity index (χ0) is 15.1. The number of hydrogen-bond donors (Lipinski definition) is 2. The maximum Gasteiger partial charge on any atom is 0.309 e. The predicted molar refractivity (Wildman–Crippen MR) is 82.8 cm³/mol. The van der Waals surface area contributed by atoms with Crippen LogP contribution in [0, 0.1) is 0 Å². The SMILES string of the molecule is C[C@@H](CCc1ccccc1)NC(=O)C(=O)NC1CCCC1. The number of nitrogens with one attached hydrogen (secondary N) is 2. The van der Waals surface area contributed by atoms with Gasteiger partial charge < -0.3 is 10.6 Å². The van der Waals surface area contributed by atoms with Gasteiger partial charge in [0.15, 0.2) is 0 Å². The monoisotopic (exact) mass is 288 g/mol. The Bertz CT molecular complexity index is 467. The van der Waals surface area contributed by atoms with Gasteiger partial charge in [0, 0.05) is 12.1 Å². The number of carbonyl (C=O) groups is 2. The van der Waals surface area contributed by atoms with Gasteiger partial charge in [-0.15, -0.1) is 0 Å². The minimum absolute atomic E-state index is 0.00738. The highest BCUT2D eigenvalue weighted by molar-refractivity contribution is 6.35. The Morgan fingerprint density at radius 3 is 2.48 bits per heavy atom. The van der Waals surface area contributed by atoms with Gasteiger partial charge in [0.2, 0.25) is 0 Å². The summed E-state index contributed by atoms with van der Waals surface area (Å²) in [6.07, 6.45) is 5.98. The van der Waals surface area contributed by atoms with Crippen LogP contribution in [-0.2, 0) is 16.0 Å². The number of carbonyl (C=O) groups excluding carboxylic acids is 2. The lowest BCUT2D eigenvalue weighted by molar-refractivity contribution is -0.140. The molecule has 0 radical (unpaired) electrons. The van der Waals surface area contributed by atoms with Crippen LogP contribution in [0.4, 0.5) is 0 Å². The molecule has 0 aromatic heterocycles. The molecule has 4 nitrogen and oxygen atoms in total. The highest BCUT2D eigenvalue weighted by Crippen LogP contribution is 2.17. The van der Waals surface area contributed by atoms with E-state index in [1.807, 2.05) is 25.1 Å². The summed E-state index contributed by atoms with van der Waals surface area (Å²) in [5.74, 6) is -1.00. The van der Waals surface area contributed by atoms with E-state index in [9.17, 15) is 9.59 Å². The van der Waals surface area contributed by atoms with Gasteiger partial charge in [-0.05, 0) is 38.2 Å². The van der Waals surface area contributed by atoms with Gasteiger partial charge in [-0.3, -0.25) is 9.59 Å². The van der Waals surface area contributed by atoms with Gasteiger partial charge in [0.25, 0.3) is 0 Å². The second-order valence-electron chi connectivity index (χ2n) is 5.85. The molecule has 114 valence electrons. The Hall–Kier alpha value is -1.84. The molecule has 0 heterocycles. The maximum absolute atomic E-state index is 11.8. The highest BCUT2D eigenvalue weighted by atomic mass is 16.2. The fraction of sp³-hybridized carbons (Fsp3) is 0.529. The van der Waals surface area contributed by atoms with Crippen molar-refractivity contribution in [3.05, 3.63) is 35.9 Å². The molecule has 1 aliphatic rings. The Morgan fingerprint density at radius 1 is 1.14 bits per heavy atom. The van der Waals surface area contributed by atoms with Crippen LogP contribution in [-0.4, -0.2) is 23.9 Å². The van der Waals surface area contributed by atoms with E-state index >= 15 is 0 Å². The standard InChI is InChI=1S/C17H24N2O2/c1-13(11-12-14-7-3-2-4-8-14)18-16(20)17(21)19-15-9-5-6-10-15/h2-4,7-8,13,15H,5-6,9-12H2,1H3,(H,18,20)(H,19,21)/t13-/m0/s1. The second-order valence-corrected chi connectivity index (χ2v) is 5.85. The van der Waals surface area contributed by atoms with Crippen LogP contribution in [0.1, 0.15) is 44.6 Å². The molecule has 0 unspecified atom stereocenters. The molecule has 4 heteroatoms. The van der Waals surface area contributed by atoms with E-state index < -0.39 is 11.8 Å². The molecular weight excluding hydrogens is 264 g/mol. The third-order valence-corrected chi connectivity index (χ3v) is 3.98. The average Bonchev–Trinajstić information content (AvgIpc) is 2.99. The maximum atomic E-state index is 11.8. The van der Waals surface area contributed by atoms with Crippen LogP contribution in [0.25, 0.3) is 0 Å². The summed E-state index contributed by atoms with van der Waals surface area (Å²) in [5.41, 5.74) is 1.24. The molecule has 21 heavy (non-hydrogen) atoms. The first-order valence-corrected chi connectivity index (χ1v) is 7.80. The summed E-state index contributed by atoms with van der Waals surface area (Å²) >= 11 is 0. The van der Waals surface area contributed by atoms with Crippen LogP contribution in [0.5, 0.6) is 0 Å². The van der Waals surface area contributed by atoms with Crippen LogP contribution in [0.2, 0.25) is 0 Å². The normalized spacial score (nSPS) is 16.4. The number of rotatable bonds is 5. The van der Waals surface area contributed by atoms with Gasteiger partial charge >= 0.3 is 11.8 Å². The van der Waals surface area contributed by atoms with Crippen LogP contribution >= 0.6 is 0 Å². The van der Waals surface area contributed by atoms with Gasteiger partial charge in [0.1, 0.15) is 0 Å². The molecule has 1 aliphatic carbocycles. The molecule has 0 spiro atoms. The highest BCUT2D eigenvalue weighted by Gasteiger charge is 2.22. The van der Waals surface area contributed by atoms with E-state index in [0.29, 0.717) is 0 Å². The number of benzene rings is 1. The van der Waals surface area contributed by atoms with Crippen molar-refractivity contribution in [2.24, 2.45) is 0 Å². The van der Waals surface area contributed by atoms with Crippen molar-refractivity contribution in [1.82, 2.24) is 10.6 Å². The van der Waals surface area contributed by atoms with E-state index in [-0.39, 0.29) is 12.1 Å². The molecule has 2 rings (SSSR count). The number of amides is 2. The largest absolute Gasteiger partial charge is 0.345 e. The lowest BCUT2D eigenvalue weighted by Crippen LogP contribution is -2.46. The van der Waals surface area contributed by atoms with Gasteiger partial charge in [-0.1, -0.05) is 43.2 Å². The predicted octanol–water partition coefficient (Wildman–Crippen LogP) is 2.18. The topological polar surface area (TPSA) is 58.2 Å². The molecule has 1 aromatic rings. The van der Waals surface area contributed by atoms with Crippen LogP contribution in [0.15, 0.2) is 30.3 Å². The van der Waals surface area contributed by atoms with Crippen molar-refractivity contribution in [3.63, 3.8) is 0 Å². The molecule has 1 fully saturated rings. The minimum atomic E-state index is -0.512. The molecule has 0 saturated heterocycles. The molecule has 1 saturated carbocycles. The van der Waals surface area contributed by atoms with Crippen molar-refractivity contribution in [1.29, 1.82) is 0 Å². The first-order valence-electron chi connectivity index (χ1n) is 7.80. The third kappa shape index (κ3) is 5.21. The molecule has 0 bridgehead atoms. The fourth-order valence-electron chi connectivity index (χ4n) is 2.71. The number of aryl methyl sites for hydroxylation is 1. The van der Waals surface area contributed by atoms with Crippen molar-refractivity contribution in [3.8, 4) is 0 Å². The fourth-order valence-corrected chi connectivity index (χ4v) is 2.71.